The highest BCUT2D eigenvalue weighted by Gasteiger charge is 2.40. The van der Waals surface area contributed by atoms with E-state index in [2.05, 4.69) is 15.2 Å². The van der Waals surface area contributed by atoms with E-state index in [1.54, 1.807) is 0 Å². The Morgan fingerprint density at radius 2 is 1.78 bits per heavy atom. The third-order valence-corrected chi connectivity index (χ3v) is 6.55. The van der Waals surface area contributed by atoms with Gasteiger partial charge in [-0.2, -0.15) is 31.4 Å². The summed E-state index contributed by atoms with van der Waals surface area (Å²) in [6.07, 6.45) is -13.7. The number of aliphatic hydroxyl groups is 2. The highest BCUT2D eigenvalue weighted by molar-refractivity contribution is 6.30. The molecule has 41 heavy (non-hydrogen) atoms. The number of amides is 1. The normalized spacial score (nSPS) is 18.7. The summed E-state index contributed by atoms with van der Waals surface area (Å²) in [4.78, 5) is 31.4. The van der Waals surface area contributed by atoms with Crippen LogP contribution in [0.5, 0.6) is 0 Å². The summed E-state index contributed by atoms with van der Waals surface area (Å²) in [7, 11) is 0. The third kappa shape index (κ3) is 7.26. The lowest BCUT2D eigenvalue weighted by molar-refractivity contribution is -0.207. The van der Waals surface area contributed by atoms with Crippen LogP contribution >= 0.6 is 11.6 Å². The largest absolute Gasteiger partial charge is 0.416 e. The Bertz CT molecular complexity index is 1460. The molecular weight excluding hydrogens is 588 g/mol. The fraction of sp³-hybridized carbons (Fsp3) is 0.522. The molecule has 18 heteroatoms. The fourth-order valence-electron chi connectivity index (χ4n) is 4.19. The number of aliphatic hydroxyl groups excluding tert-OH is 1. The van der Waals surface area contributed by atoms with Gasteiger partial charge in [0.1, 0.15) is 6.54 Å². The van der Waals surface area contributed by atoms with Crippen molar-refractivity contribution in [2.45, 2.75) is 63.5 Å². The number of nitrogens with zero attached hydrogens (tertiary/aromatic N) is 7. The van der Waals surface area contributed by atoms with Gasteiger partial charge in [0, 0.05) is 23.7 Å². The second-order valence-corrected chi connectivity index (χ2v) is 10.3. The van der Waals surface area contributed by atoms with Crippen LogP contribution in [0.1, 0.15) is 36.2 Å². The molecule has 1 aliphatic heterocycles. The SMILES string of the molecule is CC1(O)CCN(C(=O)c2nc(Cn3nc(-c4ccc(Cl)cc4)n(C[C@H](O)C(F)(F)F)c3=O)nn2CCC(F)(F)F)C1. The quantitative estimate of drug-likeness (QED) is 0.374. The summed E-state index contributed by atoms with van der Waals surface area (Å²) in [6.45, 7) is -1.08. The number of β-amino-alcohol motifs (C(OH)–C–C–N with tert-alkyl or cyclic N) is 1. The van der Waals surface area contributed by atoms with E-state index in [-0.39, 0.29) is 36.7 Å². The summed E-state index contributed by atoms with van der Waals surface area (Å²) in [5.41, 5.74) is -2.12. The van der Waals surface area contributed by atoms with Gasteiger partial charge in [0.05, 0.1) is 25.1 Å². The van der Waals surface area contributed by atoms with Gasteiger partial charge in [-0.1, -0.05) is 11.6 Å². The zero-order valence-electron chi connectivity index (χ0n) is 21.3. The molecule has 224 valence electrons. The number of halogens is 7. The van der Waals surface area contributed by atoms with Gasteiger partial charge in [0.15, 0.2) is 17.8 Å². The molecule has 4 rings (SSSR count). The lowest BCUT2D eigenvalue weighted by Gasteiger charge is -2.18. The van der Waals surface area contributed by atoms with Crippen LogP contribution in [0.3, 0.4) is 0 Å². The van der Waals surface area contributed by atoms with Gasteiger partial charge in [-0.25, -0.2) is 19.1 Å². The summed E-state index contributed by atoms with van der Waals surface area (Å²) in [5.74, 6) is -1.84. The molecule has 0 spiro atoms. The standard InChI is InChI=1S/C23H24ClF6N7O4/c1-21(41)6-8-34(12-21)19(39)18-31-16(32-36(18)9-7-22(25,26)27)11-37-20(40)35(10-15(38)23(28,29)30)17(33-37)13-2-4-14(24)5-3-13/h2-5,15,38,41H,6-12H2,1H3/t15-,21?/m0/s1. The topological polar surface area (TPSA) is 131 Å². The van der Waals surface area contributed by atoms with Crippen molar-refractivity contribution in [2.75, 3.05) is 13.1 Å². The van der Waals surface area contributed by atoms with Crippen LogP contribution in [-0.2, 0) is 19.6 Å². The first kappa shape index (κ1) is 30.5. The molecule has 0 bridgehead atoms. The number of hydrogen-bond acceptors (Lipinski definition) is 7. The minimum Gasteiger partial charge on any atom is -0.388 e. The average molecular weight is 612 g/mol. The maximum Gasteiger partial charge on any atom is 0.416 e. The molecule has 2 aromatic heterocycles. The van der Waals surface area contributed by atoms with E-state index in [0.29, 0.717) is 14.3 Å². The van der Waals surface area contributed by atoms with Crippen LogP contribution in [0.15, 0.2) is 29.1 Å². The van der Waals surface area contributed by atoms with Crippen LogP contribution in [0.25, 0.3) is 11.4 Å². The monoisotopic (exact) mass is 611 g/mol. The van der Waals surface area contributed by atoms with E-state index >= 15 is 0 Å². The number of likely N-dealkylation sites (tertiary alicyclic amines) is 1. The van der Waals surface area contributed by atoms with Gasteiger partial charge in [-0.05, 0) is 37.6 Å². The second-order valence-electron chi connectivity index (χ2n) is 9.85. The number of hydrogen-bond donors (Lipinski definition) is 2. The molecule has 2 N–H and O–H groups in total. The van der Waals surface area contributed by atoms with Crippen LogP contribution in [-0.4, -0.2) is 87.3 Å². The van der Waals surface area contributed by atoms with Crippen LogP contribution in [0.2, 0.25) is 5.02 Å². The Labute approximate surface area is 232 Å². The number of rotatable bonds is 8. The number of benzene rings is 1. The summed E-state index contributed by atoms with van der Waals surface area (Å²) in [5, 5.41) is 28.1. The van der Waals surface area contributed by atoms with Crippen LogP contribution < -0.4 is 5.69 Å². The maximum atomic E-state index is 13.1. The Morgan fingerprint density at radius 3 is 2.34 bits per heavy atom. The molecule has 1 unspecified atom stereocenters. The van der Waals surface area contributed by atoms with E-state index in [4.69, 9.17) is 11.6 Å². The Morgan fingerprint density at radius 1 is 1.12 bits per heavy atom. The van der Waals surface area contributed by atoms with E-state index < -0.39 is 67.5 Å². The highest BCUT2D eigenvalue weighted by atomic mass is 35.5. The lowest BCUT2D eigenvalue weighted by Crippen LogP contribution is -2.37. The molecular formula is C23H24ClF6N7O4. The molecule has 1 amide bonds. The van der Waals surface area contributed by atoms with E-state index in [1.807, 2.05) is 0 Å². The molecule has 2 atom stereocenters. The van der Waals surface area contributed by atoms with Gasteiger partial charge in [-0.15, -0.1) is 5.10 Å². The average Bonchev–Trinajstić information content (AvgIpc) is 3.53. The third-order valence-electron chi connectivity index (χ3n) is 6.30. The maximum absolute atomic E-state index is 13.1. The number of aromatic nitrogens is 6. The molecule has 3 aromatic rings. The van der Waals surface area contributed by atoms with Crippen molar-refractivity contribution in [1.82, 2.24) is 34.0 Å². The molecule has 0 radical (unpaired) electrons. The number of aryl methyl sites for hydroxylation is 1. The Kier molecular flexibility index (Phi) is 8.26. The molecule has 0 saturated carbocycles. The molecule has 1 fully saturated rings. The van der Waals surface area contributed by atoms with Gasteiger partial charge in [0.25, 0.3) is 5.91 Å². The fourth-order valence-corrected chi connectivity index (χ4v) is 4.32. The summed E-state index contributed by atoms with van der Waals surface area (Å²) < 4.78 is 80.1. The predicted molar refractivity (Wildman–Crippen MR) is 130 cm³/mol. The highest BCUT2D eigenvalue weighted by Crippen LogP contribution is 2.25. The zero-order chi connectivity index (χ0) is 30.3. The van der Waals surface area contributed by atoms with E-state index in [9.17, 15) is 46.1 Å². The second kappa shape index (κ2) is 11.1. The van der Waals surface area contributed by atoms with Crippen molar-refractivity contribution in [3.8, 4) is 11.4 Å². The van der Waals surface area contributed by atoms with Crippen molar-refractivity contribution in [2.24, 2.45) is 0 Å². The molecule has 1 saturated heterocycles. The van der Waals surface area contributed by atoms with Crippen molar-refractivity contribution >= 4 is 17.5 Å². The minimum absolute atomic E-state index is 0.0941. The van der Waals surface area contributed by atoms with Crippen molar-refractivity contribution in [1.29, 1.82) is 0 Å². The number of alkyl halides is 6. The van der Waals surface area contributed by atoms with Crippen molar-refractivity contribution in [3.63, 3.8) is 0 Å². The first-order chi connectivity index (χ1) is 18.9. The zero-order valence-corrected chi connectivity index (χ0v) is 22.1. The predicted octanol–water partition coefficient (Wildman–Crippen LogP) is 2.48. The number of carbonyl (C=O) groups excluding carboxylic acids is 1. The van der Waals surface area contributed by atoms with Crippen LogP contribution in [0.4, 0.5) is 26.3 Å². The first-order valence-electron chi connectivity index (χ1n) is 12.1. The van der Waals surface area contributed by atoms with Gasteiger partial charge >= 0.3 is 18.0 Å². The molecule has 1 aromatic carbocycles. The van der Waals surface area contributed by atoms with Crippen molar-refractivity contribution in [3.05, 3.63) is 51.4 Å². The minimum atomic E-state index is -5.05. The first-order valence-corrected chi connectivity index (χ1v) is 12.5. The van der Waals surface area contributed by atoms with Crippen molar-refractivity contribution < 1.29 is 41.4 Å². The molecule has 11 nitrogen and oxygen atoms in total. The molecule has 1 aliphatic rings. The summed E-state index contributed by atoms with van der Waals surface area (Å²) in [6, 6.07) is 5.58. The molecule has 0 aliphatic carbocycles. The molecule has 3 heterocycles. The number of carbonyl (C=O) groups is 1. The van der Waals surface area contributed by atoms with E-state index in [0.717, 1.165) is 4.68 Å². The van der Waals surface area contributed by atoms with E-state index in [1.165, 1.54) is 36.1 Å². The lowest BCUT2D eigenvalue weighted by atomic mass is 10.1. The summed E-state index contributed by atoms with van der Waals surface area (Å²) >= 11 is 5.87. The van der Waals surface area contributed by atoms with Gasteiger partial charge < -0.3 is 15.1 Å². The van der Waals surface area contributed by atoms with Gasteiger partial charge in [0.2, 0.25) is 5.82 Å². The Balaban J connectivity index is 1.71. The van der Waals surface area contributed by atoms with Gasteiger partial charge in [-0.3, -0.25) is 9.36 Å². The Hall–Kier alpha value is -3.44. The van der Waals surface area contributed by atoms with Crippen LogP contribution in [0, 0.1) is 0 Å². The smallest absolute Gasteiger partial charge is 0.388 e.